The fourth-order valence-electron chi connectivity index (χ4n) is 1.12. The molecule has 0 spiro atoms. The molecular weight excluding hydrogens is 182 g/mol. The maximum atomic E-state index is 9.97. The van der Waals surface area contributed by atoms with E-state index in [1.807, 2.05) is 0 Å². The number of isocyanates is 1. The highest BCUT2D eigenvalue weighted by Gasteiger charge is 2.03. The number of hydrogen-bond acceptors (Lipinski definition) is 4. The SMILES string of the molecule is COc1ccc(OC)c(CN=C=O)c1. The van der Waals surface area contributed by atoms with Crippen LogP contribution in [0.25, 0.3) is 0 Å². The van der Waals surface area contributed by atoms with Crippen LogP contribution < -0.4 is 9.47 Å². The van der Waals surface area contributed by atoms with Crippen LogP contribution in [0.15, 0.2) is 23.2 Å². The van der Waals surface area contributed by atoms with Gasteiger partial charge >= 0.3 is 0 Å². The van der Waals surface area contributed by atoms with Crippen molar-refractivity contribution >= 4 is 6.08 Å². The molecule has 0 aromatic heterocycles. The van der Waals surface area contributed by atoms with E-state index >= 15 is 0 Å². The van der Waals surface area contributed by atoms with Gasteiger partial charge in [-0.1, -0.05) is 0 Å². The van der Waals surface area contributed by atoms with Gasteiger partial charge in [0.1, 0.15) is 11.5 Å². The zero-order valence-corrected chi connectivity index (χ0v) is 8.11. The number of ether oxygens (including phenoxy) is 2. The quantitative estimate of drug-likeness (QED) is 0.538. The Morgan fingerprint density at radius 3 is 2.71 bits per heavy atom. The van der Waals surface area contributed by atoms with Crippen LogP contribution in [-0.2, 0) is 11.3 Å². The fraction of sp³-hybridized carbons (Fsp3) is 0.300. The van der Waals surface area contributed by atoms with E-state index in [-0.39, 0.29) is 6.54 Å². The summed E-state index contributed by atoms with van der Waals surface area (Å²) in [6.45, 7) is 0.254. The monoisotopic (exact) mass is 193 g/mol. The molecule has 4 heteroatoms. The van der Waals surface area contributed by atoms with Crippen LogP contribution in [0.3, 0.4) is 0 Å². The van der Waals surface area contributed by atoms with Gasteiger partial charge in [-0.05, 0) is 18.2 Å². The lowest BCUT2D eigenvalue weighted by atomic mass is 10.2. The summed E-state index contributed by atoms with van der Waals surface area (Å²) in [5, 5.41) is 0. The first-order valence-electron chi connectivity index (χ1n) is 4.06. The van der Waals surface area contributed by atoms with Gasteiger partial charge in [0, 0.05) is 5.56 Å². The van der Waals surface area contributed by atoms with Crippen molar-refractivity contribution in [3.63, 3.8) is 0 Å². The maximum absolute atomic E-state index is 9.97. The average Bonchev–Trinajstić information content (AvgIpc) is 2.25. The van der Waals surface area contributed by atoms with Crippen molar-refractivity contribution in [2.45, 2.75) is 6.54 Å². The van der Waals surface area contributed by atoms with Crippen LogP contribution in [0.5, 0.6) is 11.5 Å². The largest absolute Gasteiger partial charge is 0.497 e. The molecule has 14 heavy (non-hydrogen) atoms. The average molecular weight is 193 g/mol. The van der Waals surface area contributed by atoms with E-state index in [9.17, 15) is 4.79 Å². The van der Waals surface area contributed by atoms with Gasteiger partial charge in [-0.3, -0.25) is 0 Å². The molecule has 0 N–H and O–H groups in total. The molecule has 0 fully saturated rings. The Morgan fingerprint density at radius 1 is 1.36 bits per heavy atom. The zero-order valence-electron chi connectivity index (χ0n) is 8.11. The van der Waals surface area contributed by atoms with Crippen LogP contribution in [-0.4, -0.2) is 20.3 Å². The third-order valence-corrected chi connectivity index (χ3v) is 1.80. The normalized spacial score (nSPS) is 9.00. The van der Waals surface area contributed by atoms with E-state index in [2.05, 4.69) is 4.99 Å². The highest BCUT2D eigenvalue weighted by molar-refractivity contribution is 5.42. The summed E-state index contributed by atoms with van der Waals surface area (Å²) < 4.78 is 10.1. The number of rotatable bonds is 4. The summed E-state index contributed by atoms with van der Waals surface area (Å²) in [7, 11) is 3.14. The van der Waals surface area contributed by atoms with E-state index in [4.69, 9.17) is 9.47 Å². The van der Waals surface area contributed by atoms with Crippen molar-refractivity contribution in [3.8, 4) is 11.5 Å². The first-order chi connectivity index (χ1) is 6.81. The molecule has 0 heterocycles. The Bertz CT molecular complexity index is 356. The molecule has 0 saturated carbocycles. The molecule has 0 aliphatic carbocycles. The van der Waals surface area contributed by atoms with Crippen LogP contribution in [0.4, 0.5) is 0 Å². The van der Waals surface area contributed by atoms with Gasteiger partial charge in [0.2, 0.25) is 6.08 Å². The van der Waals surface area contributed by atoms with E-state index in [0.29, 0.717) is 11.5 Å². The molecule has 0 radical (unpaired) electrons. The predicted molar refractivity (Wildman–Crippen MR) is 51.4 cm³/mol. The summed E-state index contributed by atoms with van der Waals surface area (Å²) in [6, 6.07) is 5.33. The number of methoxy groups -OCH3 is 2. The molecule has 0 saturated heterocycles. The lowest BCUT2D eigenvalue weighted by molar-refractivity contribution is 0.399. The Labute approximate surface area is 82.2 Å². The van der Waals surface area contributed by atoms with Crippen molar-refractivity contribution in [1.29, 1.82) is 0 Å². The van der Waals surface area contributed by atoms with E-state index in [0.717, 1.165) is 5.56 Å². The van der Waals surface area contributed by atoms with Crippen LogP contribution in [0.2, 0.25) is 0 Å². The molecule has 0 bridgehead atoms. The minimum Gasteiger partial charge on any atom is -0.497 e. The number of carbonyl (C=O) groups excluding carboxylic acids is 1. The van der Waals surface area contributed by atoms with Gasteiger partial charge in [-0.25, -0.2) is 9.79 Å². The lowest BCUT2D eigenvalue weighted by Gasteiger charge is -2.07. The molecule has 0 aliphatic rings. The van der Waals surface area contributed by atoms with E-state index in [1.54, 1.807) is 32.4 Å². The number of aliphatic imine (C=N–C) groups is 1. The second-order valence-corrected chi connectivity index (χ2v) is 2.59. The smallest absolute Gasteiger partial charge is 0.235 e. The minimum absolute atomic E-state index is 0.254. The standard InChI is InChI=1S/C10H11NO3/c1-13-9-3-4-10(14-2)8(5-9)6-11-7-12/h3-5H,6H2,1-2H3. The van der Waals surface area contributed by atoms with Gasteiger partial charge < -0.3 is 9.47 Å². The Balaban J connectivity index is 3.01. The summed E-state index contributed by atoms with van der Waals surface area (Å²) in [6.07, 6.45) is 1.48. The molecular formula is C10H11NO3. The highest BCUT2D eigenvalue weighted by Crippen LogP contribution is 2.24. The molecule has 74 valence electrons. The molecule has 4 nitrogen and oxygen atoms in total. The molecule has 0 unspecified atom stereocenters. The molecule has 1 rings (SSSR count). The Hall–Kier alpha value is -1.80. The summed E-state index contributed by atoms with van der Waals surface area (Å²) >= 11 is 0. The first-order valence-corrected chi connectivity index (χ1v) is 4.06. The number of hydrogen-bond donors (Lipinski definition) is 0. The lowest BCUT2D eigenvalue weighted by Crippen LogP contribution is -1.92. The Kier molecular flexibility index (Phi) is 3.70. The Morgan fingerprint density at radius 2 is 2.14 bits per heavy atom. The van der Waals surface area contributed by atoms with Gasteiger partial charge in [0.15, 0.2) is 0 Å². The molecule has 0 aliphatic heterocycles. The van der Waals surface area contributed by atoms with Crippen molar-refractivity contribution in [2.75, 3.05) is 14.2 Å². The third kappa shape index (κ3) is 2.34. The first kappa shape index (κ1) is 10.3. The summed E-state index contributed by atoms with van der Waals surface area (Å²) in [5.41, 5.74) is 0.801. The molecule has 0 atom stereocenters. The minimum atomic E-state index is 0.254. The molecule has 0 amide bonds. The maximum Gasteiger partial charge on any atom is 0.235 e. The number of nitrogens with zero attached hydrogens (tertiary/aromatic N) is 1. The van der Waals surface area contributed by atoms with Gasteiger partial charge in [-0.15, -0.1) is 0 Å². The second-order valence-electron chi connectivity index (χ2n) is 2.59. The van der Waals surface area contributed by atoms with Crippen LogP contribution >= 0.6 is 0 Å². The van der Waals surface area contributed by atoms with Gasteiger partial charge in [0.05, 0.1) is 20.8 Å². The number of benzene rings is 1. The van der Waals surface area contributed by atoms with Crippen molar-refractivity contribution in [3.05, 3.63) is 23.8 Å². The highest BCUT2D eigenvalue weighted by atomic mass is 16.5. The van der Waals surface area contributed by atoms with Crippen LogP contribution in [0, 0.1) is 0 Å². The summed E-state index contributed by atoms with van der Waals surface area (Å²) in [5.74, 6) is 1.40. The van der Waals surface area contributed by atoms with E-state index in [1.165, 1.54) is 6.08 Å². The van der Waals surface area contributed by atoms with Gasteiger partial charge in [-0.2, -0.15) is 0 Å². The van der Waals surface area contributed by atoms with Gasteiger partial charge in [0.25, 0.3) is 0 Å². The predicted octanol–water partition coefficient (Wildman–Crippen LogP) is 1.54. The van der Waals surface area contributed by atoms with Crippen molar-refractivity contribution < 1.29 is 14.3 Å². The molecule has 1 aromatic carbocycles. The van der Waals surface area contributed by atoms with Crippen molar-refractivity contribution in [1.82, 2.24) is 0 Å². The second kappa shape index (κ2) is 5.04. The topological polar surface area (TPSA) is 47.9 Å². The fourth-order valence-corrected chi connectivity index (χ4v) is 1.12. The summed E-state index contributed by atoms with van der Waals surface area (Å²) in [4.78, 5) is 13.5. The molecule has 1 aromatic rings. The third-order valence-electron chi connectivity index (χ3n) is 1.80. The zero-order chi connectivity index (χ0) is 10.4. The van der Waals surface area contributed by atoms with Crippen molar-refractivity contribution in [2.24, 2.45) is 4.99 Å². The van der Waals surface area contributed by atoms with E-state index < -0.39 is 0 Å². The van der Waals surface area contributed by atoms with Crippen LogP contribution in [0.1, 0.15) is 5.56 Å².